The predicted molar refractivity (Wildman–Crippen MR) is 99.0 cm³/mol. The van der Waals surface area contributed by atoms with Gasteiger partial charge in [-0.1, -0.05) is 29.8 Å². The van der Waals surface area contributed by atoms with Gasteiger partial charge in [0.05, 0.1) is 10.9 Å². The van der Waals surface area contributed by atoms with Crippen molar-refractivity contribution in [2.75, 3.05) is 0 Å². The van der Waals surface area contributed by atoms with Crippen LogP contribution in [-0.2, 0) is 10.0 Å². The minimum absolute atomic E-state index is 0.140. The van der Waals surface area contributed by atoms with Crippen molar-refractivity contribution in [3.05, 3.63) is 65.2 Å². The fourth-order valence-corrected chi connectivity index (χ4v) is 3.63. The topological polar surface area (TPSA) is 75.3 Å². The first-order chi connectivity index (χ1) is 11.7. The molecule has 2 aromatic carbocycles. The fourth-order valence-electron chi connectivity index (χ4n) is 2.38. The number of carbonyl (C=O) groups is 1. The van der Waals surface area contributed by atoms with Gasteiger partial charge >= 0.3 is 0 Å². The number of amides is 1. The molecule has 0 aliphatic heterocycles. The van der Waals surface area contributed by atoms with E-state index in [2.05, 4.69) is 10.0 Å². The van der Waals surface area contributed by atoms with Crippen molar-refractivity contribution < 1.29 is 13.2 Å². The van der Waals surface area contributed by atoms with Gasteiger partial charge in [0, 0.05) is 11.6 Å². The minimum atomic E-state index is -3.55. The molecule has 1 atom stereocenters. The highest BCUT2D eigenvalue weighted by Gasteiger charge is 2.17. The Labute approximate surface area is 149 Å². The first-order valence-corrected chi connectivity index (χ1v) is 9.67. The van der Waals surface area contributed by atoms with Crippen LogP contribution in [0.5, 0.6) is 0 Å². The molecular formula is C19H24N2O3S. The second kappa shape index (κ2) is 7.80. The van der Waals surface area contributed by atoms with Gasteiger partial charge in [-0.2, -0.15) is 0 Å². The van der Waals surface area contributed by atoms with Gasteiger partial charge < -0.3 is 5.32 Å². The Bertz CT molecular complexity index is 826. The van der Waals surface area contributed by atoms with Crippen molar-refractivity contribution in [2.45, 2.75) is 44.7 Å². The molecule has 1 unspecified atom stereocenters. The summed E-state index contributed by atoms with van der Waals surface area (Å²) in [5.74, 6) is -0.242. The Morgan fingerprint density at radius 3 is 2.00 bits per heavy atom. The van der Waals surface area contributed by atoms with Crippen LogP contribution in [0.15, 0.2) is 53.4 Å². The van der Waals surface area contributed by atoms with Crippen LogP contribution in [0.1, 0.15) is 48.3 Å². The van der Waals surface area contributed by atoms with E-state index in [-0.39, 0.29) is 22.9 Å². The molecule has 0 fully saturated rings. The minimum Gasteiger partial charge on any atom is -0.346 e. The lowest BCUT2D eigenvalue weighted by Gasteiger charge is -2.15. The van der Waals surface area contributed by atoms with Gasteiger partial charge in [0.15, 0.2) is 0 Å². The Balaban J connectivity index is 2.09. The number of hydrogen-bond donors (Lipinski definition) is 2. The molecule has 5 nitrogen and oxygen atoms in total. The smallest absolute Gasteiger partial charge is 0.251 e. The van der Waals surface area contributed by atoms with Crippen LogP contribution in [0.3, 0.4) is 0 Å². The third-order valence-corrected chi connectivity index (χ3v) is 5.42. The molecule has 1 amide bonds. The van der Waals surface area contributed by atoms with Crippen LogP contribution in [0.2, 0.25) is 0 Å². The summed E-state index contributed by atoms with van der Waals surface area (Å²) >= 11 is 0. The summed E-state index contributed by atoms with van der Waals surface area (Å²) in [4.78, 5) is 12.5. The summed E-state index contributed by atoms with van der Waals surface area (Å²) in [6.45, 7) is 7.43. The number of aryl methyl sites for hydroxylation is 1. The SMILES string of the molecule is Cc1ccc(C(C)NC(=O)c2ccc(S(=O)(=O)NC(C)C)cc2)cc1. The zero-order chi connectivity index (χ0) is 18.6. The summed E-state index contributed by atoms with van der Waals surface area (Å²) in [6, 6.07) is 13.5. The van der Waals surface area contributed by atoms with Crippen LogP contribution in [0, 0.1) is 6.92 Å². The molecule has 0 saturated heterocycles. The van der Waals surface area contributed by atoms with Crippen molar-refractivity contribution in [1.82, 2.24) is 10.0 Å². The summed E-state index contributed by atoms with van der Waals surface area (Å²) in [5.41, 5.74) is 2.59. The largest absolute Gasteiger partial charge is 0.346 e. The highest BCUT2D eigenvalue weighted by molar-refractivity contribution is 7.89. The summed E-state index contributed by atoms with van der Waals surface area (Å²) in [7, 11) is -3.55. The van der Waals surface area contributed by atoms with E-state index in [4.69, 9.17) is 0 Å². The van der Waals surface area contributed by atoms with E-state index in [0.29, 0.717) is 5.56 Å². The first-order valence-electron chi connectivity index (χ1n) is 8.19. The Kier molecular flexibility index (Phi) is 5.98. The Morgan fingerprint density at radius 1 is 0.920 bits per heavy atom. The van der Waals surface area contributed by atoms with Crippen LogP contribution in [0.25, 0.3) is 0 Å². The number of sulfonamides is 1. The molecule has 0 aromatic heterocycles. The molecule has 0 aliphatic rings. The maximum atomic E-state index is 12.4. The van der Waals surface area contributed by atoms with Gasteiger partial charge in [0.25, 0.3) is 5.91 Å². The molecule has 2 N–H and O–H groups in total. The average molecular weight is 360 g/mol. The first kappa shape index (κ1) is 19.1. The molecule has 0 spiro atoms. The number of hydrogen-bond acceptors (Lipinski definition) is 3. The van der Waals surface area contributed by atoms with E-state index in [1.807, 2.05) is 38.1 Å². The zero-order valence-electron chi connectivity index (χ0n) is 14.9. The second-order valence-electron chi connectivity index (χ2n) is 6.41. The molecule has 0 aliphatic carbocycles. The van der Waals surface area contributed by atoms with E-state index in [1.54, 1.807) is 13.8 Å². The maximum Gasteiger partial charge on any atom is 0.251 e. The van der Waals surface area contributed by atoms with Gasteiger partial charge in [-0.05, 0) is 57.5 Å². The fraction of sp³-hybridized carbons (Fsp3) is 0.316. The van der Waals surface area contributed by atoms with E-state index in [0.717, 1.165) is 11.1 Å². The highest BCUT2D eigenvalue weighted by atomic mass is 32.2. The molecule has 2 aromatic rings. The predicted octanol–water partition coefficient (Wildman–Crippen LogP) is 3.17. The van der Waals surface area contributed by atoms with Crippen LogP contribution < -0.4 is 10.0 Å². The maximum absolute atomic E-state index is 12.4. The summed E-state index contributed by atoms with van der Waals surface area (Å²) in [6.07, 6.45) is 0. The molecular weight excluding hydrogens is 336 g/mol. The van der Waals surface area contributed by atoms with E-state index in [9.17, 15) is 13.2 Å². The van der Waals surface area contributed by atoms with Crippen LogP contribution in [0.4, 0.5) is 0 Å². The number of nitrogens with one attached hydrogen (secondary N) is 2. The van der Waals surface area contributed by atoms with Crippen molar-refractivity contribution in [3.63, 3.8) is 0 Å². The van der Waals surface area contributed by atoms with Gasteiger partial charge in [0.1, 0.15) is 0 Å². The van der Waals surface area contributed by atoms with Gasteiger partial charge in [-0.15, -0.1) is 0 Å². The monoisotopic (exact) mass is 360 g/mol. The van der Waals surface area contributed by atoms with Crippen molar-refractivity contribution in [2.24, 2.45) is 0 Å². The number of benzene rings is 2. The molecule has 0 heterocycles. The molecule has 6 heteroatoms. The zero-order valence-corrected chi connectivity index (χ0v) is 15.7. The average Bonchev–Trinajstić information content (AvgIpc) is 2.54. The highest BCUT2D eigenvalue weighted by Crippen LogP contribution is 2.15. The number of carbonyl (C=O) groups excluding carboxylic acids is 1. The summed E-state index contributed by atoms with van der Waals surface area (Å²) < 4.78 is 26.7. The van der Waals surface area contributed by atoms with Gasteiger partial charge in [-0.25, -0.2) is 13.1 Å². The van der Waals surface area contributed by atoms with E-state index >= 15 is 0 Å². The van der Waals surface area contributed by atoms with Crippen molar-refractivity contribution in [3.8, 4) is 0 Å². The van der Waals surface area contributed by atoms with Gasteiger partial charge in [-0.3, -0.25) is 4.79 Å². The van der Waals surface area contributed by atoms with Crippen molar-refractivity contribution in [1.29, 1.82) is 0 Å². The number of rotatable bonds is 6. The lowest BCUT2D eigenvalue weighted by atomic mass is 10.1. The standard InChI is InChI=1S/C19H24N2O3S/c1-13(2)21-25(23,24)18-11-9-17(10-12-18)19(22)20-15(4)16-7-5-14(3)6-8-16/h5-13,15,21H,1-4H3,(H,20,22). The Morgan fingerprint density at radius 2 is 1.48 bits per heavy atom. The van der Waals surface area contributed by atoms with E-state index < -0.39 is 10.0 Å². The summed E-state index contributed by atoms with van der Waals surface area (Å²) in [5, 5.41) is 2.92. The van der Waals surface area contributed by atoms with Crippen LogP contribution in [-0.4, -0.2) is 20.4 Å². The second-order valence-corrected chi connectivity index (χ2v) is 8.12. The molecule has 134 valence electrons. The molecule has 0 bridgehead atoms. The Hall–Kier alpha value is -2.18. The molecule has 2 rings (SSSR count). The van der Waals surface area contributed by atoms with Crippen molar-refractivity contribution >= 4 is 15.9 Å². The third kappa shape index (κ3) is 5.14. The van der Waals surface area contributed by atoms with Gasteiger partial charge in [0.2, 0.25) is 10.0 Å². The third-order valence-electron chi connectivity index (χ3n) is 3.74. The molecule has 0 saturated carbocycles. The quantitative estimate of drug-likeness (QED) is 0.831. The molecule has 0 radical (unpaired) electrons. The lowest BCUT2D eigenvalue weighted by molar-refractivity contribution is 0.0940. The lowest BCUT2D eigenvalue weighted by Crippen LogP contribution is -2.30. The molecule has 25 heavy (non-hydrogen) atoms. The van der Waals surface area contributed by atoms with Crippen LogP contribution >= 0.6 is 0 Å². The van der Waals surface area contributed by atoms with E-state index in [1.165, 1.54) is 24.3 Å². The normalized spacial score (nSPS) is 12.8.